The van der Waals surface area contributed by atoms with Crippen molar-refractivity contribution in [2.75, 3.05) is 0 Å². The maximum absolute atomic E-state index is 12.5. The molecule has 0 radical (unpaired) electrons. The second-order valence-corrected chi connectivity index (χ2v) is 13.2. The van der Waals surface area contributed by atoms with Gasteiger partial charge in [0, 0.05) is 0 Å². The Morgan fingerprint density at radius 2 is 1.67 bits per heavy atom. The number of hydrogen-bond donors (Lipinski definition) is 0. The molecule has 0 fully saturated rings. The van der Waals surface area contributed by atoms with Gasteiger partial charge in [0.05, 0.1) is 23.4 Å². The maximum Gasteiger partial charge on any atom is 0.262 e. The molecule has 0 unspecified atom stereocenters. The van der Waals surface area contributed by atoms with Crippen molar-refractivity contribution in [2.24, 2.45) is 0 Å². The number of carbonyl (C=O) groups excluding carboxylic acids is 2. The third-order valence-electron chi connectivity index (χ3n) is 5.48. The van der Waals surface area contributed by atoms with Crippen molar-refractivity contribution in [3.63, 3.8) is 0 Å². The molecule has 3 rings (SSSR count). The van der Waals surface area contributed by atoms with Gasteiger partial charge in [0.2, 0.25) is 5.89 Å². The molecule has 0 saturated heterocycles. The van der Waals surface area contributed by atoms with Crippen molar-refractivity contribution in [1.29, 1.82) is 0 Å². The van der Waals surface area contributed by atoms with Gasteiger partial charge in [-0.3, -0.25) is 14.5 Å². The highest BCUT2D eigenvalue weighted by molar-refractivity contribution is 6.74. The molecular weight excluding hydrogens is 360 g/mol. The smallest absolute Gasteiger partial charge is 0.262 e. The number of carbonyl (C=O) groups is 2. The summed E-state index contributed by atoms with van der Waals surface area (Å²) in [5, 5.41) is 0.101. The lowest BCUT2D eigenvalue weighted by Gasteiger charge is -2.35. The van der Waals surface area contributed by atoms with Crippen LogP contribution in [0.3, 0.4) is 0 Å². The SMILES string of the molecule is Cc1nc(CN2C(=O)c3ccccc3C2=O)oc1CO[Si](C)(C)C(C)(C)C. The standard InChI is InChI=1S/C20H26N2O4Si/c1-13-16(12-25-27(5,6)20(2,3)4)26-17(21-13)11-22-18(23)14-9-7-8-10-15(14)19(22)24/h7-10H,11-12H2,1-6H3. The molecule has 1 aromatic heterocycles. The Labute approximate surface area is 160 Å². The van der Waals surface area contributed by atoms with Gasteiger partial charge in [0.1, 0.15) is 6.54 Å². The fourth-order valence-corrected chi connectivity index (χ4v) is 3.60. The highest BCUT2D eigenvalue weighted by atomic mass is 28.4. The van der Waals surface area contributed by atoms with Crippen molar-refractivity contribution >= 4 is 20.1 Å². The topological polar surface area (TPSA) is 72.6 Å². The Bertz CT molecular complexity index is 861. The van der Waals surface area contributed by atoms with E-state index in [-0.39, 0.29) is 23.4 Å². The van der Waals surface area contributed by atoms with Gasteiger partial charge >= 0.3 is 0 Å². The number of aryl methyl sites for hydroxylation is 1. The number of fused-ring (bicyclic) bond motifs is 1. The summed E-state index contributed by atoms with van der Waals surface area (Å²) in [4.78, 5) is 30.5. The molecule has 0 bridgehead atoms. The molecule has 2 amide bonds. The first-order valence-corrected chi connectivity index (χ1v) is 12.0. The van der Waals surface area contributed by atoms with Gasteiger partial charge in [-0.2, -0.15) is 0 Å². The highest BCUT2D eigenvalue weighted by Crippen LogP contribution is 2.37. The molecule has 0 saturated carbocycles. The molecule has 27 heavy (non-hydrogen) atoms. The number of amides is 2. The second kappa shape index (κ2) is 6.72. The number of rotatable bonds is 5. The first-order valence-electron chi connectivity index (χ1n) is 9.05. The number of nitrogens with zero attached hydrogens (tertiary/aromatic N) is 2. The Balaban J connectivity index is 1.73. The third-order valence-corrected chi connectivity index (χ3v) is 9.96. The zero-order chi connectivity index (χ0) is 20.0. The zero-order valence-corrected chi connectivity index (χ0v) is 17.8. The van der Waals surface area contributed by atoms with Crippen LogP contribution < -0.4 is 0 Å². The van der Waals surface area contributed by atoms with Crippen LogP contribution in [-0.2, 0) is 17.6 Å². The van der Waals surface area contributed by atoms with E-state index in [0.29, 0.717) is 29.4 Å². The van der Waals surface area contributed by atoms with E-state index >= 15 is 0 Å². The first kappa shape index (κ1) is 19.5. The van der Waals surface area contributed by atoms with Crippen LogP contribution in [-0.4, -0.2) is 30.0 Å². The summed E-state index contributed by atoms with van der Waals surface area (Å²) < 4.78 is 12.0. The number of hydrogen-bond acceptors (Lipinski definition) is 5. The Hall–Kier alpha value is -2.25. The van der Waals surface area contributed by atoms with Crippen LogP contribution in [0.5, 0.6) is 0 Å². The minimum absolute atomic E-state index is 0.0211. The van der Waals surface area contributed by atoms with Crippen molar-refractivity contribution < 1.29 is 18.4 Å². The molecule has 1 aliphatic heterocycles. The lowest BCUT2D eigenvalue weighted by Crippen LogP contribution is -2.40. The molecule has 0 N–H and O–H groups in total. The minimum atomic E-state index is -1.91. The summed E-state index contributed by atoms with van der Waals surface area (Å²) in [6.07, 6.45) is 0. The van der Waals surface area contributed by atoms with Crippen molar-refractivity contribution in [2.45, 2.75) is 59.0 Å². The summed E-state index contributed by atoms with van der Waals surface area (Å²) in [6.45, 7) is 13.1. The van der Waals surface area contributed by atoms with E-state index in [4.69, 9.17) is 8.84 Å². The molecule has 0 atom stereocenters. The van der Waals surface area contributed by atoms with Gasteiger partial charge in [0.25, 0.3) is 11.8 Å². The van der Waals surface area contributed by atoms with Gasteiger partial charge in [-0.05, 0) is 37.2 Å². The van der Waals surface area contributed by atoms with Crippen LogP contribution in [0.4, 0.5) is 0 Å². The average molecular weight is 387 g/mol. The Morgan fingerprint density at radius 3 is 2.19 bits per heavy atom. The average Bonchev–Trinajstić information content (AvgIpc) is 3.05. The van der Waals surface area contributed by atoms with Crippen molar-refractivity contribution in [3.05, 3.63) is 52.7 Å². The number of benzene rings is 1. The summed E-state index contributed by atoms with van der Waals surface area (Å²) in [5.74, 6) is 0.360. The van der Waals surface area contributed by atoms with Crippen molar-refractivity contribution in [1.82, 2.24) is 9.88 Å². The predicted molar refractivity (Wildman–Crippen MR) is 104 cm³/mol. The van der Waals surface area contributed by atoms with E-state index in [0.717, 1.165) is 5.69 Å². The molecule has 2 heterocycles. The van der Waals surface area contributed by atoms with E-state index in [1.54, 1.807) is 24.3 Å². The molecule has 0 aliphatic carbocycles. The number of imide groups is 1. The number of oxazole rings is 1. The van der Waals surface area contributed by atoms with Crippen LogP contribution in [0.1, 0.15) is 58.8 Å². The molecule has 1 aromatic carbocycles. The molecule has 2 aromatic rings. The lowest BCUT2D eigenvalue weighted by molar-refractivity contribution is 0.0627. The Kier molecular flexibility index (Phi) is 4.86. The van der Waals surface area contributed by atoms with E-state index < -0.39 is 8.32 Å². The first-order chi connectivity index (χ1) is 12.5. The summed E-state index contributed by atoms with van der Waals surface area (Å²) >= 11 is 0. The van der Waals surface area contributed by atoms with Crippen LogP contribution in [0.15, 0.2) is 28.7 Å². The third kappa shape index (κ3) is 3.61. The fraction of sp³-hybridized carbons (Fsp3) is 0.450. The van der Waals surface area contributed by atoms with Crippen LogP contribution in [0.25, 0.3) is 0 Å². The van der Waals surface area contributed by atoms with Crippen molar-refractivity contribution in [3.8, 4) is 0 Å². The molecule has 0 spiro atoms. The van der Waals surface area contributed by atoms with E-state index in [1.807, 2.05) is 6.92 Å². The fourth-order valence-electron chi connectivity index (χ4n) is 2.67. The van der Waals surface area contributed by atoms with Gasteiger partial charge < -0.3 is 8.84 Å². The normalized spacial score (nSPS) is 14.8. The van der Waals surface area contributed by atoms with E-state index in [1.165, 1.54) is 4.90 Å². The molecule has 6 nitrogen and oxygen atoms in total. The van der Waals surface area contributed by atoms with Gasteiger partial charge in [0.15, 0.2) is 14.1 Å². The maximum atomic E-state index is 12.5. The largest absolute Gasteiger partial charge is 0.441 e. The molecule has 144 valence electrons. The predicted octanol–water partition coefficient (Wildman–Crippen LogP) is 4.30. The van der Waals surface area contributed by atoms with Crippen LogP contribution in [0.2, 0.25) is 18.1 Å². The quantitative estimate of drug-likeness (QED) is 0.566. The monoisotopic (exact) mass is 386 g/mol. The van der Waals surface area contributed by atoms with E-state index in [9.17, 15) is 9.59 Å². The van der Waals surface area contributed by atoms with Crippen LogP contribution in [0, 0.1) is 6.92 Å². The van der Waals surface area contributed by atoms with E-state index in [2.05, 4.69) is 38.8 Å². The minimum Gasteiger partial charge on any atom is -0.441 e. The number of aromatic nitrogens is 1. The summed E-state index contributed by atoms with van der Waals surface area (Å²) in [6, 6.07) is 6.82. The van der Waals surface area contributed by atoms with Gasteiger partial charge in [-0.15, -0.1) is 0 Å². The Morgan fingerprint density at radius 1 is 1.11 bits per heavy atom. The van der Waals surface area contributed by atoms with Gasteiger partial charge in [-0.25, -0.2) is 4.98 Å². The lowest BCUT2D eigenvalue weighted by atomic mass is 10.1. The zero-order valence-electron chi connectivity index (χ0n) is 16.8. The summed E-state index contributed by atoms with van der Waals surface area (Å²) in [5.41, 5.74) is 1.57. The molecular formula is C20H26N2O4Si. The molecule has 7 heteroatoms. The van der Waals surface area contributed by atoms with Gasteiger partial charge in [-0.1, -0.05) is 32.9 Å². The molecule has 1 aliphatic rings. The summed E-state index contributed by atoms with van der Waals surface area (Å²) in [7, 11) is -1.91. The van der Waals surface area contributed by atoms with Crippen LogP contribution >= 0.6 is 0 Å². The second-order valence-electron chi connectivity index (χ2n) is 8.41. The highest BCUT2D eigenvalue weighted by Gasteiger charge is 2.38.